The molecule has 90 valence electrons. The second-order valence-electron chi connectivity index (χ2n) is 4.54. The highest BCUT2D eigenvalue weighted by atomic mass is 16.2. The fraction of sp³-hybridized carbons (Fsp3) is 0.818. The molecule has 2 aliphatic heterocycles. The first kappa shape index (κ1) is 11.4. The molecule has 2 aliphatic rings. The van der Waals surface area contributed by atoms with Crippen LogP contribution in [0.5, 0.6) is 0 Å². The summed E-state index contributed by atoms with van der Waals surface area (Å²) in [6.45, 7) is 4.43. The third kappa shape index (κ3) is 2.95. The molecular formula is C11H19N3O2. The number of carbonyl (C=O) groups is 2. The predicted octanol–water partition coefficient (Wildman–Crippen LogP) is -0.665. The maximum atomic E-state index is 11.6. The van der Waals surface area contributed by atoms with E-state index in [0.29, 0.717) is 19.5 Å². The van der Waals surface area contributed by atoms with E-state index in [-0.39, 0.29) is 17.7 Å². The van der Waals surface area contributed by atoms with Crippen LogP contribution < -0.4 is 10.6 Å². The maximum absolute atomic E-state index is 11.6. The molecular weight excluding hydrogens is 206 g/mol. The molecule has 0 radical (unpaired) electrons. The fourth-order valence-corrected chi connectivity index (χ4v) is 2.28. The Bertz CT molecular complexity index is 274. The Labute approximate surface area is 95.6 Å². The Hall–Kier alpha value is -1.10. The molecule has 2 amide bonds. The quantitative estimate of drug-likeness (QED) is 0.667. The molecule has 2 rings (SSSR count). The normalized spacial score (nSPS) is 25.8. The lowest BCUT2D eigenvalue weighted by Crippen LogP contribution is -2.37. The number of amides is 2. The average Bonchev–Trinajstić information content (AvgIpc) is 2.89. The van der Waals surface area contributed by atoms with Crippen LogP contribution in [0, 0.1) is 5.92 Å². The SMILES string of the molecule is O=C1CC(C(=O)NCCN2CCCC2)CN1. The van der Waals surface area contributed by atoms with Gasteiger partial charge in [-0.1, -0.05) is 0 Å². The third-order valence-electron chi connectivity index (χ3n) is 3.27. The molecule has 0 aromatic carbocycles. The van der Waals surface area contributed by atoms with Crippen LogP contribution in [0.25, 0.3) is 0 Å². The number of rotatable bonds is 4. The Morgan fingerprint density at radius 2 is 2.19 bits per heavy atom. The largest absolute Gasteiger partial charge is 0.355 e. The van der Waals surface area contributed by atoms with Crippen molar-refractivity contribution in [1.29, 1.82) is 0 Å². The van der Waals surface area contributed by atoms with Gasteiger partial charge in [-0.25, -0.2) is 0 Å². The summed E-state index contributed by atoms with van der Waals surface area (Å²) in [7, 11) is 0. The van der Waals surface area contributed by atoms with Crippen molar-refractivity contribution in [3.05, 3.63) is 0 Å². The predicted molar refractivity (Wildman–Crippen MR) is 59.8 cm³/mol. The van der Waals surface area contributed by atoms with E-state index in [0.717, 1.165) is 19.6 Å². The number of hydrogen-bond donors (Lipinski definition) is 2. The zero-order chi connectivity index (χ0) is 11.4. The fourth-order valence-electron chi connectivity index (χ4n) is 2.28. The lowest BCUT2D eigenvalue weighted by Gasteiger charge is -2.15. The number of carbonyl (C=O) groups excluding carboxylic acids is 2. The topological polar surface area (TPSA) is 61.4 Å². The second-order valence-corrected chi connectivity index (χ2v) is 4.54. The standard InChI is InChI=1S/C11H19N3O2/c15-10-7-9(8-13-10)11(16)12-3-6-14-4-1-2-5-14/h9H,1-8H2,(H,12,16)(H,13,15). The molecule has 2 N–H and O–H groups in total. The van der Waals surface area contributed by atoms with Gasteiger partial charge in [0.15, 0.2) is 0 Å². The summed E-state index contributed by atoms with van der Waals surface area (Å²) in [4.78, 5) is 24.9. The molecule has 0 aliphatic carbocycles. The maximum Gasteiger partial charge on any atom is 0.225 e. The van der Waals surface area contributed by atoms with E-state index < -0.39 is 0 Å². The highest BCUT2D eigenvalue weighted by molar-refractivity contribution is 5.89. The van der Waals surface area contributed by atoms with Crippen molar-refractivity contribution in [3.8, 4) is 0 Å². The first-order valence-electron chi connectivity index (χ1n) is 6.02. The van der Waals surface area contributed by atoms with Crippen molar-refractivity contribution < 1.29 is 9.59 Å². The number of nitrogens with zero attached hydrogens (tertiary/aromatic N) is 1. The minimum Gasteiger partial charge on any atom is -0.355 e. The molecule has 0 bridgehead atoms. The van der Waals surface area contributed by atoms with Gasteiger partial charge in [-0.15, -0.1) is 0 Å². The summed E-state index contributed by atoms with van der Waals surface area (Å²) in [6.07, 6.45) is 2.89. The van der Waals surface area contributed by atoms with E-state index in [1.807, 2.05) is 0 Å². The second kappa shape index (κ2) is 5.30. The molecule has 5 heteroatoms. The summed E-state index contributed by atoms with van der Waals surface area (Å²) < 4.78 is 0. The minimum absolute atomic E-state index is 0.0116. The van der Waals surface area contributed by atoms with E-state index in [2.05, 4.69) is 15.5 Å². The van der Waals surface area contributed by atoms with Crippen molar-refractivity contribution in [1.82, 2.24) is 15.5 Å². The van der Waals surface area contributed by atoms with E-state index in [9.17, 15) is 9.59 Å². The smallest absolute Gasteiger partial charge is 0.225 e. The summed E-state index contributed by atoms with van der Waals surface area (Å²) in [6, 6.07) is 0. The molecule has 1 atom stereocenters. The molecule has 0 saturated carbocycles. The highest BCUT2D eigenvalue weighted by Crippen LogP contribution is 2.09. The molecule has 0 aromatic heterocycles. The van der Waals surface area contributed by atoms with Crippen molar-refractivity contribution >= 4 is 11.8 Å². The highest BCUT2D eigenvalue weighted by Gasteiger charge is 2.27. The van der Waals surface area contributed by atoms with Gasteiger partial charge >= 0.3 is 0 Å². The van der Waals surface area contributed by atoms with Crippen LogP contribution in [0.4, 0.5) is 0 Å². The summed E-state index contributed by atoms with van der Waals surface area (Å²) in [5, 5.41) is 5.57. The van der Waals surface area contributed by atoms with Gasteiger partial charge in [-0.05, 0) is 25.9 Å². The van der Waals surface area contributed by atoms with Crippen LogP contribution in [-0.4, -0.2) is 49.4 Å². The van der Waals surface area contributed by atoms with Crippen LogP contribution in [0.3, 0.4) is 0 Å². The Morgan fingerprint density at radius 1 is 1.44 bits per heavy atom. The van der Waals surface area contributed by atoms with Gasteiger partial charge < -0.3 is 15.5 Å². The zero-order valence-electron chi connectivity index (χ0n) is 9.50. The lowest BCUT2D eigenvalue weighted by atomic mass is 10.1. The lowest BCUT2D eigenvalue weighted by molar-refractivity contribution is -0.126. The summed E-state index contributed by atoms with van der Waals surface area (Å²) >= 11 is 0. The van der Waals surface area contributed by atoms with Crippen LogP contribution in [0.1, 0.15) is 19.3 Å². The van der Waals surface area contributed by atoms with Crippen LogP contribution >= 0.6 is 0 Å². The first-order chi connectivity index (χ1) is 7.75. The summed E-state index contributed by atoms with van der Waals surface area (Å²) in [5.41, 5.74) is 0. The molecule has 16 heavy (non-hydrogen) atoms. The molecule has 2 saturated heterocycles. The van der Waals surface area contributed by atoms with E-state index in [1.165, 1.54) is 12.8 Å². The van der Waals surface area contributed by atoms with Crippen molar-refractivity contribution in [3.63, 3.8) is 0 Å². The molecule has 5 nitrogen and oxygen atoms in total. The number of likely N-dealkylation sites (tertiary alicyclic amines) is 1. The Balaban J connectivity index is 1.61. The van der Waals surface area contributed by atoms with E-state index in [1.54, 1.807) is 0 Å². The van der Waals surface area contributed by atoms with Gasteiger partial charge in [0.2, 0.25) is 11.8 Å². The molecule has 0 aromatic rings. The Kier molecular flexibility index (Phi) is 3.77. The van der Waals surface area contributed by atoms with Crippen LogP contribution in [-0.2, 0) is 9.59 Å². The molecule has 0 spiro atoms. The van der Waals surface area contributed by atoms with Crippen molar-refractivity contribution in [2.24, 2.45) is 5.92 Å². The van der Waals surface area contributed by atoms with Crippen molar-refractivity contribution in [2.45, 2.75) is 19.3 Å². The van der Waals surface area contributed by atoms with Gasteiger partial charge in [0.1, 0.15) is 0 Å². The van der Waals surface area contributed by atoms with Crippen molar-refractivity contribution in [2.75, 3.05) is 32.7 Å². The molecule has 1 unspecified atom stereocenters. The van der Waals surface area contributed by atoms with E-state index in [4.69, 9.17) is 0 Å². The van der Waals surface area contributed by atoms with Gasteiger partial charge in [-0.2, -0.15) is 0 Å². The molecule has 2 fully saturated rings. The minimum atomic E-state index is -0.161. The average molecular weight is 225 g/mol. The van der Waals surface area contributed by atoms with Gasteiger partial charge in [0.25, 0.3) is 0 Å². The third-order valence-corrected chi connectivity index (χ3v) is 3.27. The molecule has 2 heterocycles. The summed E-state index contributed by atoms with van der Waals surface area (Å²) in [5.74, 6) is -0.164. The first-order valence-corrected chi connectivity index (χ1v) is 6.02. The van der Waals surface area contributed by atoms with Crippen LogP contribution in [0.2, 0.25) is 0 Å². The van der Waals surface area contributed by atoms with Gasteiger partial charge in [-0.3, -0.25) is 9.59 Å². The number of nitrogens with one attached hydrogen (secondary N) is 2. The van der Waals surface area contributed by atoms with Gasteiger partial charge in [0, 0.05) is 26.1 Å². The van der Waals surface area contributed by atoms with E-state index >= 15 is 0 Å². The van der Waals surface area contributed by atoms with Crippen LogP contribution in [0.15, 0.2) is 0 Å². The Morgan fingerprint density at radius 3 is 2.81 bits per heavy atom. The monoisotopic (exact) mass is 225 g/mol. The van der Waals surface area contributed by atoms with Gasteiger partial charge in [0.05, 0.1) is 5.92 Å². The number of hydrogen-bond acceptors (Lipinski definition) is 3. The zero-order valence-corrected chi connectivity index (χ0v) is 9.50.